The summed E-state index contributed by atoms with van der Waals surface area (Å²) >= 11 is 0. The molecule has 17 nitrogen and oxygen atoms in total. The molecule has 2 unspecified atom stereocenters. The second-order valence-corrected chi connectivity index (χ2v) is 11.0. The number of anilines is 1. The molecule has 6 N–H and O–H groups in total. The third kappa shape index (κ3) is 8.63. The number of nitrogen functional groups attached to an aromatic ring is 1. The van der Waals surface area contributed by atoms with Gasteiger partial charge in [0.15, 0.2) is 17.7 Å². The molecule has 1 aliphatic rings. The van der Waals surface area contributed by atoms with Crippen LogP contribution in [-0.4, -0.2) is 53.7 Å². The summed E-state index contributed by atoms with van der Waals surface area (Å²) in [5, 5.41) is 3.71. The standard InChI is InChI=1S/C12H20FN4O13P3/c1-6(2)16-28-8-3-10(17-4-7(13)11(14)15-12(17)18)27-9(8)5-26-32(22,23)30-33(24,25)29-31(19,20)21/h4,8-10H,3,5H2,1-2H3,(H,22,23)(H,24,25)(H2,14,15,18)(H2,19,20,21)/t8-,9-,10-/m1/s1. The quantitative estimate of drug-likeness (QED) is 0.153. The van der Waals surface area contributed by atoms with Gasteiger partial charge in [-0.15, -0.1) is 0 Å². The number of aromatic nitrogens is 2. The van der Waals surface area contributed by atoms with Crippen LogP contribution >= 0.6 is 23.5 Å². The van der Waals surface area contributed by atoms with Crippen LogP contribution in [0.1, 0.15) is 26.5 Å². The Hall–Kier alpha value is -1.55. The van der Waals surface area contributed by atoms with Crippen molar-refractivity contribution in [3.8, 4) is 0 Å². The molecule has 0 bridgehead atoms. The number of nitrogens with two attached hydrogens (primary N) is 1. The SMILES string of the molecule is CC(C)=NO[C@@H]1C[C@H](n2cc(F)c(N)nc2=O)O[C@@H]1COP(=O)(O)OP(=O)(O)OP(=O)(O)O. The maximum atomic E-state index is 13.8. The maximum Gasteiger partial charge on any atom is 0.490 e. The van der Waals surface area contributed by atoms with Gasteiger partial charge in [0.25, 0.3) is 0 Å². The van der Waals surface area contributed by atoms with Gasteiger partial charge in [-0.1, -0.05) is 5.16 Å². The minimum Gasteiger partial charge on any atom is -0.389 e. The van der Waals surface area contributed by atoms with E-state index in [2.05, 4.69) is 23.3 Å². The second kappa shape index (κ2) is 10.4. The fourth-order valence-corrected chi connectivity index (χ4v) is 5.47. The first kappa shape index (κ1) is 27.7. The van der Waals surface area contributed by atoms with Gasteiger partial charge in [-0.25, -0.2) is 22.9 Å². The highest BCUT2D eigenvalue weighted by atomic mass is 31.3. The fraction of sp³-hybridized carbons (Fsp3) is 0.583. The molecule has 1 aromatic rings. The molecule has 0 spiro atoms. The van der Waals surface area contributed by atoms with Crippen molar-refractivity contribution in [2.75, 3.05) is 12.3 Å². The fourth-order valence-electron chi connectivity index (χ4n) is 2.44. The Bertz CT molecular complexity index is 1100. The van der Waals surface area contributed by atoms with Gasteiger partial charge in [0.1, 0.15) is 12.3 Å². The number of hydrogen-bond acceptors (Lipinski definition) is 12. The summed E-state index contributed by atoms with van der Waals surface area (Å²) in [7, 11) is -16.7. The van der Waals surface area contributed by atoms with E-state index in [9.17, 15) is 32.7 Å². The zero-order chi connectivity index (χ0) is 25.2. The molecule has 2 heterocycles. The zero-order valence-corrected chi connectivity index (χ0v) is 19.5. The van der Waals surface area contributed by atoms with Crippen LogP contribution in [0.25, 0.3) is 0 Å². The lowest BCUT2D eigenvalue weighted by Crippen LogP contribution is -2.29. The van der Waals surface area contributed by atoms with E-state index >= 15 is 0 Å². The summed E-state index contributed by atoms with van der Waals surface area (Å²) < 4.78 is 65.8. The number of phosphoric acid groups is 3. The topological polar surface area (TPSA) is 252 Å². The number of ether oxygens (including phenoxy) is 1. The molecule has 0 aromatic carbocycles. The molecule has 2 rings (SSSR count). The highest BCUT2D eigenvalue weighted by Gasteiger charge is 2.44. The average molecular weight is 540 g/mol. The van der Waals surface area contributed by atoms with Crippen LogP contribution in [0, 0.1) is 5.82 Å². The van der Waals surface area contributed by atoms with Crippen LogP contribution in [0.15, 0.2) is 16.1 Å². The number of rotatable bonds is 10. The molecule has 1 saturated heterocycles. The van der Waals surface area contributed by atoms with Crippen molar-refractivity contribution < 1.29 is 60.4 Å². The third-order valence-corrected chi connectivity index (χ3v) is 7.42. The van der Waals surface area contributed by atoms with Gasteiger partial charge in [-0.05, 0) is 13.8 Å². The Morgan fingerprint density at radius 3 is 2.48 bits per heavy atom. The van der Waals surface area contributed by atoms with E-state index in [4.69, 9.17) is 25.1 Å². The van der Waals surface area contributed by atoms with Crippen LogP contribution in [0.5, 0.6) is 0 Å². The highest BCUT2D eigenvalue weighted by Crippen LogP contribution is 2.66. The van der Waals surface area contributed by atoms with Gasteiger partial charge in [-0.3, -0.25) is 9.09 Å². The van der Waals surface area contributed by atoms with E-state index in [1.807, 2.05) is 0 Å². The Morgan fingerprint density at radius 2 is 1.91 bits per heavy atom. The van der Waals surface area contributed by atoms with Crippen molar-refractivity contribution in [2.24, 2.45) is 5.16 Å². The minimum atomic E-state index is -5.72. The van der Waals surface area contributed by atoms with Crippen LogP contribution < -0.4 is 11.4 Å². The maximum absolute atomic E-state index is 13.8. The van der Waals surface area contributed by atoms with Crippen LogP contribution in [-0.2, 0) is 36.4 Å². The number of halogens is 1. The molecular weight excluding hydrogens is 520 g/mol. The Balaban J connectivity index is 2.17. The van der Waals surface area contributed by atoms with Gasteiger partial charge < -0.3 is 34.9 Å². The van der Waals surface area contributed by atoms with Crippen molar-refractivity contribution in [1.82, 2.24) is 9.55 Å². The molecule has 0 radical (unpaired) electrons. The lowest BCUT2D eigenvalue weighted by atomic mass is 10.2. The van der Waals surface area contributed by atoms with Crippen LogP contribution in [0.2, 0.25) is 0 Å². The number of hydrogen-bond donors (Lipinski definition) is 5. The molecule has 1 fully saturated rings. The van der Waals surface area contributed by atoms with Crippen LogP contribution in [0.4, 0.5) is 10.2 Å². The van der Waals surface area contributed by atoms with Gasteiger partial charge in [0.05, 0.1) is 18.5 Å². The Labute approximate surface area is 184 Å². The van der Waals surface area contributed by atoms with E-state index in [0.29, 0.717) is 5.71 Å². The van der Waals surface area contributed by atoms with Crippen molar-refractivity contribution in [3.05, 3.63) is 22.5 Å². The summed E-state index contributed by atoms with van der Waals surface area (Å²) in [5.74, 6) is -1.66. The molecule has 33 heavy (non-hydrogen) atoms. The molecule has 0 saturated carbocycles. The normalized spacial score (nSPS) is 24.6. The average Bonchev–Trinajstić information content (AvgIpc) is 3.01. The first-order valence-electron chi connectivity index (χ1n) is 8.63. The molecular formula is C12H20FN4O13P3. The predicted molar refractivity (Wildman–Crippen MR) is 105 cm³/mol. The predicted octanol–water partition coefficient (Wildman–Crippen LogP) is 0.376. The number of phosphoric ester groups is 1. The van der Waals surface area contributed by atoms with Crippen molar-refractivity contribution >= 4 is 35.0 Å². The van der Waals surface area contributed by atoms with E-state index in [1.54, 1.807) is 13.8 Å². The lowest BCUT2D eigenvalue weighted by Gasteiger charge is -2.20. The van der Waals surface area contributed by atoms with Gasteiger partial charge in [0, 0.05) is 6.42 Å². The monoisotopic (exact) mass is 540 g/mol. The molecule has 5 atom stereocenters. The van der Waals surface area contributed by atoms with Crippen molar-refractivity contribution in [3.63, 3.8) is 0 Å². The Morgan fingerprint density at radius 1 is 1.27 bits per heavy atom. The molecule has 1 aliphatic heterocycles. The van der Waals surface area contributed by atoms with Gasteiger partial charge >= 0.3 is 29.2 Å². The van der Waals surface area contributed by atoms with Crippen molar-refractivity contribution in [1.29, 1.82) is 0 Å². The highest BCUT2D eigenvalue weighted by molar-refractivity contribution is 7.66. The lowest BCUT2D eigenvalue weighted by molar-refractivity contribution is -0.0606. The largest absolute Gasteiger partial charge is 0.490 e. The summed E-state index contributed by atoms with van der Waals surface area (Å²) in [6, 6.07) is 0. The molecule has 0 amide bonds. The van der Waals surface area contributed by atoms with Crippen molar-refractivity contribution in [2.45, 2.75) is 38.7 Å². The molecule has 188 valence electrons. The van der Waals surface area contributed by atoms with Gasteiger partial charge in [0.2, 0.25) is 0 Å². The zero-order valence-electron chi connectivity index (χ0n) is 16.8. The minimum absolute atomic E-state index is 0.147. The van der Waals surface area contributed by atoms with E-state index < -0.39 is 65.8 Å². The van der Waals surface area contributed by atoms with E-state index in [0.717, 1.165) is 10.8 Å². The van der Waals surface area contributed by atoms with Gasteiger partial charge in [-0.2, -0.15) is 13.6 Å². The molecule has 0 aliphatic carbocycles. The summed E-state index contributed by atoms with van der Waals surface area (Å²) in [4.78, 5) is 56.4. The Kier molecular flexibility index (Phi) is 8.71. The number of nitrogens with zero attached hydrogens (tertiary/aromatic N) is 3. The van der Waals surface area contributed by atoms with E-state index in [1.165, 1.54) is 0 Å². The molecule has 1 aromatic heterocycles. The van der Waals surface area contributed by atoms with Crippen LogP contribution in [0.3, 0.4) is 0 Å². The first-order chi connectivity index (χ1) is 15.0. The first-order valence-corrected chi connectivity index (χ1v) is 13.1. The smallest absolute Gasteiger partial charge is 0.389 e. The molecule has 21 heteroatoms. The number of oxime groups is 1. The van der Waals surface area contributed by atoms with E-state index in [-0.39, 0.29) is 6.42 Å². The summed E-state index contributed by atoms with van der Waals surface area (Å²) in [6.45, 7) is 2.29. The summed E-state index contributed by atoms with van der Waals surface area (Å²) in [5.41, 5.74) is 4.72. The second-order valence-electron chi connectivity index (χ2n) is 6.60. The third-order valence-electron chi connectivity index (χ3n) is 3.61. The summed E-state index contributed by atoms with van der Waals surface area (Å²) in [6.07, 6.45) is -2.93.